The molecule has 6 heteroatoms. The van der Waals surface area contributed by atoms with Gasteiger partial charge in [0.15, 0.2) is 5.70 Å². The van der Waals surface area contributed by atoms with E-state index in [9.17, 15) is 20.1 Å². The lowest BCUT2D eigenvalue weighted by molar-refractivity contribution is -0.166. The smallest absolute Gasteiger partial charge is 0.359 e. The summed E-state index contributed by atoms with van der Waals surface area (Å²) in [5, 5.41) is 29.9. The van der Waals surface area contributed by atoms with E-state index in [1.807, 2.05) is 56.3 Å². The van der Waals surface area contributed by atoms with E-state index in [1.54, 1.807) is 17.0 Å². The van der Waals surface area contributed by atoms with E-state index in [0.717, 1.165) is 5.56 Å². The van der Waals surface area contributed by atoms with Crippen LogP contribution in [0.25, 0.3) is 0 Å². The highest BCUT2D eigenvalue weighted by atomic mass is 16.6. The van der Waals surface area contributed by atoms with Crippen LogP contribution < -0.4 is 4.90 Å². The van der Waals surface area contributed by atoms with Crippen molar-refractivity contribution in [2.24, 2.45) is 5.92 Å². The summed E-state index contributed by atoms with van der Waals surface area (Å²) >= 11 is 0. The molecule has 3 N–H and O–H groups in total. The zero-order valence-corrected chi connectivity index (χ0v) is 17.4. The maximum Gasteiger partial charge on any atom is 0.359 e. The van der Waals surface area contributed by atoms with Crippen molar-refractivity contribution in [3.63, 3.8) is 0 Å². The number of hydrogen-bond acceptors (Lipinski definition) is 6. The molecule has 1 atom stereocenters. The lowest BCUT2D eigenvalue weighted by atomic mass is 9.79. The number of phenols is 1. The van der Waals surface area contributed by atoms with E-state index in [0.29, 0.717) is 18.5 Å². The fourth-order valence-electron chi connectivity index (χ4n) is 3.87. The van der Waals surface area contributed by atoms with Crippen LogP contribution >= 0.6 is 0 Å². The number of rotatable bonds is 8. The van der Waals surface area contributed by atoms with Gasteiger partial charge < -0.3 is 25.0 Å². The number of para-hydroxylation sites is 1. The average molecular weight is 411 g/mol. The Kier molecular flexibility index (Phi) is 6.67. The van der Waals surface area contributed by atoms with Gasteiger partial charge in [0.25, 0.3) is 0 Å². The summed E-state index contributed by atoms with van der Waals surface area (Å²) in [6.45, 7) is 3.95. The number of benzene rings is 2. The Bertz CT molecular complexity index is 892. The molecule has 0 bridgehead atoms. The van der Waals surface area contributed by atoms with Gasteiger partial charge in [-0.3, -0.25) is 0 Å². The first kappa shape index (κ1) is 21.7. The minimum atomic E-state index is -0.829. The molecule has 2 aromatic carbocycles. The van der Waals surface area contributed by atoms with Crippen molar-refractivity contribution < 1.29 is 24.9 Å². The molecular formula is C24H29NO5. The molecule has 0 spiro atoms. The number of phenolic OH excluding ortho intramolecular Hbond substituents is 1. The molecular weight excluding hydrogens is 382 g/mol. The highest BCUT2D eigenvalue weighted by Crippen LogP contribution is 2.40. The highest BCUT2D eigenvalue weighted by Gasteiger charge is 2.45. The normalized spacial score (nSPS) is 19.1. The number of aliphatic hydroxyl groups excluding tert-OH is 2. The van der Waals surface area contributed by atoms with Gasteiger partial charge in [0.05, 0.1) is 6.61 Å². The summed E-state index contributed by atoms with van der Waals surface area (Å²) in [4.78, 5) is 14.7. The van der Waals surface area contributed by atoms with Gasteiger partial charge in [0.1, 0.15) is 17.1 Å². The van der Waals surface area contributed by atoms with Crippen LogP contribution in [0, 0.1) is 5.92 Å². The summed E-state index contributed by atoms with van der Waals surface area (Å²) < 4.78 is 5.98. The summed E-state index contributed by atoms with van der Waals surface area (Å²) in [5.41, 5.74) is 0.969. The van der Waals surface area contributed by atoms with E-state index in [-0.39, 0.29) is 42.7 Å². The molecule has 1 heterocycles. The van der Waals surface area contributed by atoms with Gasteiger partial charge in [-0.05, 0) is 48.6 Å². The van der Waals surface area contributed by atoms with E-state index in [1.165, 1.54) is 0 Å². The molecule has 3 rings (SSSR count). The molecule has 1 aliphatic rings. The third-order valence-corrected chi connectivity index (χ3v) is 5.72. The largest absolute Gasteiger partial charge is 0.510 e. The monoisotopic (exact) mass is 411 g/mol. The Morgan fingerprint density at radius 1 is 1.07 bits per heavy atom. The third kappa shape index (κ3) is 4.60. The molecule has 30 heavy (non-hydrogen) atoms. The molecule has 0 amide bonds. The quantitative estimate of drug-likeness (QED) is 0.570. The summed E-state index contributed by atoms with van der Waals surface area (Å²) in [6.07, 6.45) is 1.40. The maximum atomic E-state index is 13.1. The third-order valence-electron chi connectivity index (χ3n) is 5.72. The van der Waals surface area contributed by atoms with E-state index >= 15 is 0 Å². The molecule has 0 saturated heterocycles. The summed E-state index contributed by atoms with van der Waals surface area (Å²) in [7, 11) is 0. The molecule has 160 valence electrons. The van der Waals surface area contributed by atoms with Gasteiger partial charge in [0, 0.05) is 18.7 Å². The number of cyclic esters (lactones) is 1. The van der Waals surface area contributed by atoms with Gasteiger partial charge in [-0.25, -0.2) is 4.79 Å². The number of anilines is 1. The molecule has 6 nitrogen and oxygen atoms in total. The molecule has 1 unspecified atom stereocenters. The second-order valence-corrected chi connectivity index (χ2v) is 7.96. The number of ether oxygens (including phenoxy) is 1. The molecule has 0 fully saturated rings. The number of hydrogen-bond donors (Lipinski definition) is 3. The lowest BCUT2D eigenvalue weighted by Gasteiger charge is -2.42. The predicted molar refractivity (Wildman–Crippen MR) is 115 cm³/mol. The van der Waals surface area contributed by atoms with Gasteiger partial charge in [-0.1, -0.05) is 44.2 Å². The Morgan fingerprint density at radius 3 is 2.30 bits per heavy atom. The molecule has 1 aliphatic heterocycles. The van der Waals surface area contributed by atoms with Gasteiger partial charge in [-0.2, -0.15) is 0 Å². The number of aryl methyl sites for hydroxylation is 1. The average Bonchev–Trinajstić information content (AvgIpc) is 2.73. The second kappa shape index (κ2) is 9.22. The Balaban J connectivity index is 1.88. The standard InChI is InChI=1S/C24H29NO5/c1-17(2)24(13-12-18-8-10-20(27)11-9-18)16-21(28)22(23(29)30-24)25(14-15-26)19-6-4-3-5-7-19/h3-11,17,26-28H,12-16H2,1-2H3. The number of aliphatic hydroxyl groups is 2. The number of carbonyl (C=O) groups excluding carboxylic acids is 1. The van der Waals surface area contributed by atoms with Crippen molar-refractivity contribution in [3.8, 4) is 5.75 Å². The summed E-state index contributed by atoms with van der Waals surface area (Å²) in [5.74, 6) is -0.416. The Morgan fingerprint density at radius 2 is 1.73 bits per heavy atom. The zero-order chi connectivity index (χ0) is 21.7. The van der Waals surface area contributed by atoms with Crippen molar-refractivity contribution in [2.45, 2.75) is 38.7 Å². The minimum Gasteiger partial charge on any atom is -0.510 e. The number of carbonyl (C=O) groups is 1. The van der Waals surface area contributed by atoms with Crippen molar-refractivity contribution in [2.75, 3.05) is 18.1 Å². The molecule has 0 aromatic heterocycles. The first-order chi connectivity index (χ1) is 14.4. The number of esters is 1. The van der Waals surface area contributed by atoms with Crippen LogP contribution in [0.1, 0.15) is 32.3 Å². The SMILES string of the molecule is CC(C)C1(CCc2ccc(O)cc2)CC(O)=C(N(CCO)c2ccccc2)C(=O)O1. The molecule has 0 aliphatic carbocycles. The fraction of sp³-hybridized carbons (Fsp3) is 0.375. The maximum absolute atomic E-state index is 13.1. The topological polar surface area (TPSA) is 90.2 Å². The van der Waals surface area contributed by atoms with Crippen LogP contribution in [0.3, 0.4) is 0 Å². The van der Waals surface area contributed by atoms with Crippen LogP contribution in [0.4, 0.5) is 5.69 Å². The van der Waals surface area contributed by atoms with Gasteiger partial charge in [-0.15, -0.1) is 0 Å². The second-order valence-electron chi connectivity index (χ2n) is 7.96. The first-order valence-electron chi connectivity index (χ1n) is 10.2. The first-order valence-corrected chi connectivity index (χ1v) is 10.2. The van der Waals surface area contributed by atoms with Crippen molar-refractivity contribution >= 4 is 11.7 Å². The fourth-order valence-corrected chi connectivity index (χ4v) is 3.87. The van der Waals surface area contributed by atoms with Crippen LogP contribution in [-0.2, 0) is 16.0 Å². The van der Waals surface area contributed by atoms with Gasteiger partial charge in [0.2, 0.25) is 0 Å². The molecule has 0 radical (unpaired) electrons. The summed E-state index contributed by atoms with van der Waals surface area (Å²) in [6, 6.07) is 16.1. The minimum absolute atomic E-state index is 0.00900. The van der Waals surface area contributed by atoms with Crippen LogP contribution in [0.5, 0.6) is 5.75 Å². The zero-order valence-electron chi connectivity index (χ0n) is 17.4. The predicted octanol–water partition coefficient (Wildman–Crippen LogP) is 3.94. The van der Waals surface area contributed by atoms with Crippen LogP contribution in [-0.4, -0.2) is 40.0 Å². The number of nitrogens with zero attached hydrogens (tertiary/aromatic N) is 1. The van der Waals surface area contributed by atoms with Crippen molar-refractivity contribution in [1.29, 1.82) is 0 Å². The number of aromatic hydroxyl groups is 1. The van der Waals surface area contributed by atoms with Crippen molar-refractivity contribution in [3.05, 3.63) is 71.6 Å². The van der Waals surface area contributed by atoms with E-state index in [2.05, 4.69) is 0 Å². The molecule has 2 aromatic rings. The highest BCUT2D eigenvalue weighted by molar-refractivity contribution is 5.94. The van der Waals surface area contributed by atoms with Crippen molar-refractivity contribution in [1.82, 2.24) is 0 Å². The lowest BCUT2D eigenvalue weighted by Crippen LogP contribution is -2.48. The van der Waals surface area contributed by atoms with Crippen LogP contribution in [0.15, 0.2) is 66.1 Å². The Labute approximate surface area is 177 Å². The van der Waals surface area contributed by atoms with Gasteiger partial charge >= 0.3 is 5.97 Å². The molecule has 0 saturated carbocycles. The van der Waals surface area contributed by atoms with Crippen LogP contribution in [0.2, 0.25) is 0 Å². The Hall–Kier alpha value is -2.99. The van der Waals surface area contributed by atoms with E-state index < -0.39 is 11.6 Å². The van der Waals surface area contributed by atoms with E-state index in [4.69, 9.17) is 4.74 Å².